The fraction of sp³-hybridized carbons (Fsp3) is 0.250. The second kappa shape index (κ2) is 7.00. The van der Waals surface area contributed by atoms with E-state index >= 15 is 0 Å². The zero-order chi connectivity index (χ0) is 15.3. The maximum Gasteiger partial charge on any atom is 0.175 e. The van der Waals surface area contributed by atoms with E-state index in [-0.39, 0.29) is 10.8 Å². The van der Waals surface area contributed by atoms with E-state index in [0.29, 0.717) is 18.1 Å². The van der Waals surface area contributed by atoms with E-state index in [1.807, 2.05) is 30.3 Å². The van der Waals surface area contributed by atoms with Crippen LogP contribution in [0.3, 0.4) is 0 Å². The van der Waals surface area contributed by atoms with Crippen LogP contribution in [0.25, 0.3) is 0 Å². The Morgan fingerprint density at radius 3 is 2.43 bits per heavy atom. The van der Waals surface area contributed by atoms with Gasteiger partial charge in [-0.05, 0) is 23.8 Å². The molecule has 5 heteroatoms. The van der Waals surface area contributed by atoms with Crippen molar-refractivity contribution >= 4 is 22.5 Å². The van der Waals surface area contributed by atoms with Crippen molar-refractivity contribution in [2.75, 3.05) is 18.6 Å². The minimum atomic E-state index is -3.22. The molecule has 21 heavy (non-hydrogen) atoms. The predicted molar refractivity (Wildman–Crippen MR) is 88.1 cm³/mol. The van der Waals surface area contributed by atoms with Crippen LogP contribution >= 0.6 is 12.6 Å². The number of hydrogen-bond donors (Lipinski definition) is 1. The van der Waals surface area contributed by atoms with Crippen LogP contribution in [0.15, 0.2) is 59.5 Å². The summed E-state index contributed by atoms with van der Waals surface area (Å²) in [6.07, 6.45) is 1.19. The second-order valence-corrected chi connectivity index (χ2v) is 7.23. The van der Waals surface area contributed by atoms with Crippen LogP contribution in [0.4, 0.5) is 0 Å². The molecule has 0 saturated heterocycles. The van der Waals surface area contributed by atoms with E-state index in [9.17, 15) is 8.42 Å². The van der Waals surface area contributed by atoms with Crippen LogP contribution in [-0.4, -0.2) is 27.0 Å². The summed E-state index contributed by atoms with van der Waals surface area (Å²) in [6, 6.07) is 16.6. The summed E-state index contributed by atoms with van der Waals surface area (Å²) in [5.41, 5.74) is 1.16. The van der Waals surface area contributed by atoms with Gasteiger partial charge < -0.3 is 4.74 Å². The Kier molecular flexibility index (Phi) is 5.31. The summed E-state index contributed by atoms with van der Waals surface area (Å²) < 4.78 is 28.8. The molecule has 2 aromatic rings. The van der Waals surface area contributed by atoms with Crippen molar-refractivity contribution in [1.29, 1.82) is 0 Å². The summed E-state index contributed by atoms with van der Waals surface area (Å²) in [4.78, 5) is 0.266. The molecular formula is C16H18O3S2. The Bertz CT molecular complexity index is 682. The van der Waals surface area contributed by atoms with Crippen molar-refractivity contribution in [2.45, 2.75) is 10.8 Å². The molecule has 0 aliphatic heterocycles. The molecule has 0 amide bonds. The van der Waals surface area contributed by atoms with Crippen molar-refractivity contribution in [3.63, 3.8) is 0 Å². The third kappa shape index (κ3) is 4.51. The second-order valence-electron chi connectivity index (χ2n) is 4.85. The number of ether oxygens (including phenoxy) is 1. The molecule has 1 unspecified atom stereocenters. The topological polar surface area (TPSA) is 43.4 Å². The molecule has 0 aromatic heterocycles. The highest BCUT2D eigenvalue weighted by atomic mass is 32.2. The molecule has 2 rings (SSSR count). The van der Waals surface area contributed by atoms with Gasteiger partial charge in [-0.3, -0.25) is 0 Å². The van der Waals surface area contributed by atoms with Crippen LogP contribution in [0, 0.1) is 0 Å². The van der Waals surface area contributed by atoms with E-state index in [2.05, 4.69) is 12.6 Å². The SMILES string of the molecule is CS(=O)(=O)c1cccc(OCC(CS)c2ccccc2)c1. The maximum absolute atomic E-state index is 11.5. The molecule has 0 radical (unpaired) electrons. The molecule has 2 aromatic carbocycles. The van der Waals surface area contributed by atoms with E-state index < -0.39 is 9.84 Å². The lowest BCUT2D eigenvalue weighted by Gasteiger charge is -2.16. The fourth-order valence-corrected chi connectivity index (χ4v) is 2.94. The zero-order valence-electron chi connectivity index (χ0n) is 11.8. The van der Waals surface area contributed by atoms with Gasteiger partial charge in [-0.15, -0.1) is 0 Å². The lowest BCUT2D eigenvalue weighted by molar-refractivity contribution is 0.297. The first-order valence-corrected chi connectivity index (χ1v) is 9.12. The largest absolute Gasteiger partial charge is 0.493 e. The summed E-state index contributed by atoms with van der Waals surface area (Å²) in [6.45, 7) is 0.459. The third-order valence-corrected chi connectivity index (χ3v) is 4.73. The molecule has 0 aliphatic carbocycles. The number of rotatable bonds is 6. The van der Waals surface area contributed by atoms with Gasteiger partial charge in [-0.1, -0.05) is 36.4 Å². The fourth-order valence-electron chi connectivity index (χ4n) is 1.97. The van der Waals surface area contributed by atoms with Crippen LogP contribution in [-0.2, 0) is 9.84 Å². The monoisotopic (exact) mass is 322 g/mol. The molecular weight excluding hydrogens is 304 g/mol. The van der Waals surface area contributed by atoms with Gasteiger partial charge in [0, 0.05) is 17.9 Å². The van der Waals surface area contributed by atoms with Gasteiger partial charge in [0.2, 0.25) is 0 Å². The Labute approximate surface area is 131 Å². The van der Waals surface area contributed by atoms with Gasteiger partial charge in [0.15, 0.2) is 9.84 Å². The van der Waals surface area contributed by atoms with Crippen molar-refractivity contribution in [2.24, 2.45) is 0 Å². The molecule has 112 valence electrons. The van der Waals surface area contributed by atoms with Gasteiger partial charge in [-0.25, -0.2) is 8.42 Å². The molecule has 0 saturated carbocycles. The standard InChI is InChI=1S/C16H18O3S2/c1-21(17,18)16-9-5-8-15(10-16)19-11-14(12-20)13-6-3-2-4-7-13/h2-10,14,20H,11-12H2,1H3. The number of sulfone groups is 1. The molecule has 3 nitrogen and oxygen atoms in total. The van der Waals surface area contributed by atoms with E-state index in [0.717, 1.165) is 5.56 Å². The summed E-state index contributed by atoms with van der Waals surface area (Å²) >= 11 is 4.36. The van der Waals surface area contributed by atoms with Gasteiger partial charge in [0.1, 0.15) is 5.75 Å². The van der Waals surface area contributed by atoms with E-state index in [1.165, 1.54) is 6.26 Å². The lowest BCUT2D eigenvalue weighted by Crippen LogP contribution is -2.12. The lowest BCUT2D eigenvalue weighted by atomic mass is 10.0. The summed E-state index contributed by atoms with van der Waals surface area (Å²) in [5, 5.41) is 0. The average Bonchev–Trinajstić information content (AvgIpc) is 2.48. The van der Waals surface area contributed by atoms with Crippen LogP contribution in [0.5, 0.6) is 5.75 Å². The quantitative estimate of drug-likeness (QED) is 0.831. The van der Waals surface area contributed by atoms with Gasteiger partial charge >= 0.3 is 0 Å². The highest BCUT2D eigenvalue weighted by Crippen LogP contribution is 2.21. The highest BCUT2D eigenvalue weighted by Gasteiger charge is 2.12. The molecule has 0 heterocycles. The highest BCUT2D eigenvalue weighted by molar-refractivity contribution is 7.90. The number of thiol groups is 1. The minimum Gasteiger partial charge on any atom is -0.493 e. The van der Waals surface area contributed by atoms with Gasteiger partial charge in [0.25, 0.3) is 0 Å². The molecule has 0 fully saturated rings. The van der Waals surface area contributed by atoms with Crippen molar-refractivity contribution in [3.8, 4) is 5.75 Å². The van der Waals surface area contributed by atoms with Crippen LogP contribution in [0.2, 0.25) is 0 Å². The predicted octanol–water partition coefficient (Wildman–Crippen LogP) is 3.18. The normalized spacial score (nSPS) is 12.9. The molecule has 0 spiro atoms. The number of benzene rings is 2. The first-order chi connectivity index (χ1) is 10.0. The Morgan fingerprint density at radius 2 is 1.81 bits per heavy atom. The van der Waals surface area contributed by atoms with Crippen molar-refractivity contribution < 1.29 is 13.2 Å². The minimum absolute atomic E-state index is 0.163. The average molecular weight is 322 g/mol. The van der Waals surface area contributed by atoms with Gasteiger partial charge in [0.05, 0.1) is 11.5 Å². The van der Waals surface area contributed by atoms with Crippen molar-refractivity contribution in [3.05, 3.63) is 60.2 Å². The maximum atomic E-state index is 11.5. The Morgan fingerprint density at radius 1 is 1.10 bits per heavy atom. The van der Waals surface area contributed by atoms with Gasteiger partial charge in [-0.2, -0.15) is 12.6 Å². The van der Waals surface area contributed by atoms with Crippen LogP contribution < -0.4 is 4.74 Å². The first kappa shape index (κ1) is 15.9. The molecule has 1 atom stereocenters. The van der Waals surface area contributed by atoms with Crippen LogP contribution in [0.1, 0.15) is 11.5 Å². The Balaban J connectivity index is 2.09. The number of hydrogen-bond acceptors (Lipinski definition) is 4. The molecule has 0 N–H and O–H groups in total. The Hall–Kier alpha value is -1.46. The van der Waals surface area contributed by atoms with Crippen molar-refractivity contribution in [1.82, 2.24) is 0 Å². The van der Waals surface area contributed by atoms with E-state index in [1.54, 1.807) is 24.3 Å². The third-order valence-electron chi connectivity index (χ3n) is 3.18. The zero-order valence-corrected chi connectivity index (χ0v) is 13.5. The first-order valence-electron chi connectivity index (χ1n) is 6.59. The smallest absolute Gasteiger partial charge is 0.175 e. The molecule has 0 bridgehead atoms. The molecule has 0 aliphatic rings. The summed E-state index contributed by atoms with van der Waals surface area (Å²) in [5.74, 6) is 1.38. The summed E-state index contributed by atoms with van der Waals surface area (Å²) in [7, 11) is -3.22. The van der Waals surface area contributed by atoms with E-state index in [4.69, 9.17) is 4.74 Å².